The van der Waals surface area contributed by atoms with Crippen LogP contribution in [0.3, 0.4) is 0 Å². The van der Waals surface area contributed by atoms with Crippen LogP contribution in [0.25, 0.3) is 0 Å². The number of nitrogens with zero attached hydrogens (tertiary/aromatic N) is 3. The fourth-order valence-electron chi connectivity index (χ4n) is 8.73. The minimum Gasteiger partial charge on any atom is -0.322 e. The predicted molar refractivity (Wildman–Crippen MR) is 218 cm³/mol. The third-order valence-electron chi connectivity index (χ3n) is 11.1. The van der Waals surface area contributed by atoms with Gasteiger partial charge in [0, 0.05) is 29.5 Å². The zero-order chi connectivity index (χ0) is 40.4. The van der Waals surface area contributed by atoms with Gasteiger partial charge in [-0.05, 0) is 84.2 Å². The van der Waals surface area contributed by atoms with E-state index < -0.39 is 35.1 Å². The summed E-state index contributed by atoms with van der Waals surface area (Å²) < 4.78 is 43.4. The molecule has 0 aliphatic heterocycles. The maximum atomic E-state index is 13.8. The van der Waals surface area contributed by atoms with Gasteiger partial charge < -0.3 is 19.8 Å². The van der Waals surface area contributed by atoms with E-state index in [9.17, 15) is 22.8 Å². The molecular weight excluding hydrogens is 724 g/mol. The van der Waals surface area contributed by atoms with Gasteiger partial charge in [0.05, 0.1) is 12.0 Å². The Hall–Kier alpha value is -5.74. The van der Waals surface area contributed by atoms with Crippen molar-refractivity contribution < 1.29 is 18.0 Å². The Labute approximate surface area is 331 Å². The first-order valence-electron chi connectivity index (χ1n) is 19.5. The van der Waals surface area contributed by atoms with E-state index in [4.69, 9.17) is 4.98 Å². The van der Waals surface area contributed by atoms with Crippen molar-refractivity contribution >= 4 is 11.6 Å². The number of nitrogens with one attached hydrogen (secondary N) is 2. The predicted octanol–water partition coefficient (Wildman–Crippen LogP) is 9.47. The third kappa shape index (κ3) is 7.83. The van der Waals surface area contributed by atoms with Crippen molar-refractivity contribution in [3.05, 3.63) is 189 Å². The van der Waals surface area contributed by atoms with Crippen molar-refractivity contribution in [3.63, 3.8) is 0 Å². The van der Waals surface area contributed by atoms with Gasteiger partial charge >= 0.3 is 6.18 Å². The average Bonchev–Trinajstić information content (AvgIpc) is 3.56. The van der Waals surface area contributed by atoms with E-state index in [0.29, 0.717) is 34.2 Å². The van der Waals surface area contributed by atoms with Gasteiger partial charge in [-0.3, -0.25) is 9.59 Å². The number of carbonyl (C=O) groups excluding carboxylic acids is 1. The summed E-state index contributed by atoms with van der Waals surface area (Å²) in [5.41, 5.74) is 4.42. The van der Waals surface area contributed by atoms with Crippen LogP contribution in [0.2, 0.25) is 0 Å². The number of carbonyl (C=O) groups is 1. The Balaban J connectivity index is 1.28. The summed E-state index contributed by atoms with van der Waals surface area (Å²) in [6.45, 7) is 7.70. The van der Waals surface area contributed by atoms with Crippen LogP contribution in [0.5, 0.6) is 0 Å². The zero-order valence-electron chi connectivity index (χ0n) is 32.7. The molecule has 1 aliphatic carbocycles. The van der Waals surface area contributed by atoms with E-state index in [1.807, 2.05) is 56.6 Å². The summed E-state index contributed by atoms with van der Waals surface area (Å²) in [6, 6.07) is 40.3. The molecule has 294 valence electrons. The van der Waals surface area contributed by atoms with Crippen molar-refractivity contribution in [2.75, 3.05) is 11.9 Å². The first kappa shape index (κ1) is 39.5. The van der Waals surface area contributed by atoms with Crippen LogP contribution < -0.4 is 16.2 Å². The molecule has 1 fully saturated rings. The van der Waals surface area contributed by atoms with Crippen molar-refractivity contribution in [3.8, 4) is 0 Å². The smallest absolute Gasteiger partial charge is 0.322 e. The quantitative estimate of drug-likeness (QED) is 0.115. The lowest BCUT2D eigenvalue weighted by Gasteiger charge is -2.47. The molecule has 1 amide bonds. The van der Waals surface area contributed by atoms with Crippen LogP contribution in [0.1, 0.15) is 83.2 Å². The number of alkyl halides is 3. The number of benzene rings is 4. The number of rotatable bonds is 13. The van der Waals surface area contributed by atoms with Gasteiger partial charge in [0.2, 0.25) is 0 Å². The van der Waals surface area contributed by atoms with E-state index in [2.05, 4.69) is 102 Å². The third-order valence-corrected chi connectivity index (χ3v) is 11.1. The lowest BCUT2D eigenvalue weighted by Crippen LogP contribution is -2.43. The molecule has 7 rings (SSSR count). The van der Waals surface area contributed by atoms with Gasteiger partial charge in [-0.25, -0.2) is 4.98 Å². The van der Waals surface area contributed by atoms with E-state index in [-0.39, 0.29) is 12.1 Å². The summed E-state index contributed by atoms with van der Waals surface area (Å²) in [6.07, 6.45) is 0.127. The summed E-state index contributed by atoms with van der Waals surface area (Å²) in [5, 5.41) is 6.03. The second kappa shape index (κ2) is 16.0. The highest BCUT2D eigenvalue weighted by molar-refractivity contribution is 6.04. The second-order valence-corrected chi connectivity index (χ2v) is 15.8. The SMILES string of the molecule is Cc1c(C2(c3cccc(NC(=O)c4cc(CNCC(C)C)cn(CC(F)(F)F)c4=O)c3)CC(C)C2)ncn1C(c1ccccc1)(c1ccccc1)c1ccccc1. The molecule has 0 saturated heterocycles. The lowest BCUT2D eigenvalue weighted by molar-refractivity contribution is -0.141. The van der Waals surface area contributed by atoms with E-state index in [1.54, 1.807) is 6.07 Å². The lowest BCUT2D eigenvalue weighted by atomic mass is 9.57. The van der Waals surface area contributed by atoms with Crippen LogP contribution in [-0.4, -0.2) is 32.7 Å². The van der Waals surface area contributed by atoms with Crippen LogP contribution in [0, 0.1) is 18.8 Å². The number of pyridine rings is 1. The number of amides is 1. The number of hydrogen-bond donors (Lipinski definition) is 2. The molecule has 2 heterocycles. The monoisotopic (exact) mass is 771 g/mol. The fourth-order valence-corrected chi connectivity index (χ4v) is 8.73. The molecule has 0 radical (unpaired) electrons. The summed E-state index contributed by atoms with van der Waals surface area (Å²) in [7, 11) is 0. The molecular formula is C47H48F3N5O2. The molecule has 2 N–H and O–H groups in total. The summed E-state index contributed by atoms with van der Waals surface area (Å²) in [5.74, 6) is -0.0533. The van der Waals surface area contributed by atoms with E-state index in [1.165, 1.54) is 12.3 Å². The fraction of sp³-hybridized carbons (Fsp3) is 0.298. The number of halogens is 3. The largest absolute Gasteiger partial charge is 0.406 e. The molecule has 0 unspecified atom stereocenters. The molecule has 0 atom stereocenters. The number of anilines is 1. The molecule has 6 aromatic rings. The van der Waals surface area contributed by atoms with Crippen LogP contribution in [0.4, 0.5) is 18.9 Å². The number of imidazole rings is 1. The molecule has 4 aromatic carbocycles. The van der Waals surface area contributed by atoms with Gasteiger partial charge in [0.15, 0.2) is 0 Å². The maximum Gasteiger partial charge on any atom is 0.406 e. The molecule has 10 heteroatoms. The molecule has 1 saturated carbocycles. The van der Waals surface area contributed by atoms with E-state index in [0.717, 1.165) is 46.5 Å². The zero-order valence-corrected chi connectivity index (χ0v) is 32.7. The van der Waals surface area contributed by atoms with Crippen molar-refractivity contribution in [2.24, 2.45) is 11.8 Å². The van der Waals surface area contributed by atoms with Crippen LogP contribution in [0.15, 0.2) is 139 Å². The maximum absolute atomic E-state index is 13.8. The average molecular weight is 772 g/mol. The standard InChI is InChI=1S/C47H48F3N5O2/c1-32(2)27-51-28-35-23-41(44(57)54(29-35)30-46(48,49)50)43(56)53-40-22-14-21-39(24-40)45(25-33(3)26-45)42-34(4)55(31-52-42)47(36-15-8-5-9-16-36,37-17-10-6-11-18-37)38-19-12-7-13-20-38/h5-24,29,31-33,51H,25-28,30H2,1-4H3,(H,53,56). The minimum atomic E-state index is -4.64. The Morgan fingerprint density at radius 2 is 1.44 bits per heavy atom. The summed E-state index contributed by atoms with van der Waals surface area (Å²) >= 11 is 0. The van der Waals surface area contributed by atoms with Crippen molar-refractivity contribution in [1.29, 1.82) is 0 Å². The van der Waals surface area contributed by atoms with Gasteiger partial charge in [-0.2, -0.15) is 13.2 Å². The first-order chi connectivity index (χ1) is 27.3. The Bertz CT molecular complexity index is 2290. The highest BCUT2D eigenvalue weighted by Gasteiger charge is 2.49. The molecule has 7 nitrogen and oxygen atoms in total. The minimum absolute atomic E-state index is 0.207. The Morgan fingerprint density at radius 3 is 1.96 bits per heavy atom. The number of hydrogen-bond acceptors (Lipinski definition) is 4. The Kier molecular flexibility index (Phi) is 11.1. The highest BCUT2D eigenvalue weighted by Crippen LogP contribution is 2.54. The molecule has 0 spiro atoms. The number of aromatic nitrogens is 3. The first-order valence-corrected chi connectivity index (χ1v) is 19.5. The van der Waals surface area contributed by atoms with Crippen molar-refractivity contribution in [1.82, 2.24) is 19.4 Å². The Morgan fingerprint density at radius 1 is 0.860 bits per heavy atom. The van der Waals surface area contributed by atoms with Gasteiger partial charge in [-0.1, -0.05) is 124 Å². The molecule has 2 aromatic heterocycles. The van der Waals surface area contributed by atoms with Gasteiger partial charge in [0.25, 0.3) is 11.5 Å². The molecule has 1 aliphatic rings. The second-order valence-electron chi connectivity index (χ2n) is 15.8. The summed E-state index contributed by atoms with van der Waals surface area (Å²) in [4.78, 5) is 32.3. The highest BCUT2D eigenvalue weighted by atomic mass is 19.4. The normalized spacial score (nSPS) is 17.0. The molecule has 0 bridgehead atoms. The topological polar surface area (TPSA) is 81.0 Å². The van der Waals surface area contributed by atoms with Crippen LogP contribution in [-0.2, 0) is 24.0 Å². The van der Waals surface area contributed by atoms with E-state index >= 15 is 0 Å². The van der Waals surface area contributed by atoms with Crippen LogP contribution >= 0.6 is 0 Å². The van der Waals surface area contributed by atoms with Gasteiger partial charge in [0.1, 0.15) is 17.6 Å². The van der Waals surface area contributed by atoms with Gasteiger partial charge in [-0.15, -0.1) is 0 Å². The van der Waals surface area contributed by atoms with Crippen molar-refractivity contribution in [2.45, 2.75) is 70.8 Å². The molecule has 57 heavy (non-hydrogen) atoms.